The van der Waals surface area contributed by atoms with E-state index in [-0.39, 0.29) is 11.1 Å². The van der Waals surface area contributed by atoms with Gasteiger partial charge in [-0.15, -0.1) is 0 Å². The van der Waals surface area contributed by atoms with Crippen LogP contribution < -0.4 is 16.4 Å². The lowest BCUT2D eigenvalue weighted by atomic mass is 10.2. The Labute approximate surface area is 107 Å². The number of nitrogens with zero attached hydrogens (tertiary/aromatic N) is 1. The van der Waals surface area contributed by atoms with E-state index in [4.69, 9.17) is 0 Å². The molecule has 2 N–H and O–H groups in total. The minimum absolute atomic E-state index is 0.163. The highest BCUT2D eigenvalue weighted by Gasteiger charge is 2.07. The van der Waals surface area contributed by atoms with Crippen molar-refractivity contribution < 1.29 is 0 Å². The minimum atomic E-state index is -0.221. The highest BCUT2D eigenvalue weighted by atomic mass is 16.2. The van der Waals surface area contributed by atoms with Crippen LogP contribution in [-0.2, 0) is 6.54 Å². The number of hydrogen-bond donors (Lipinski definition) is 2. The van der Waals surface area contributed by atoms with Crippen molar-refractivity contribution in [2.75, 3.05) is 13.1 Å². The van der Waals surface area contributed by atoms with Crippen molar-refractivity contribution in [3.8, 4) is 0 Å². The van der Waals surface area contributed by atoms with Crippen molar-refractivity contribution in [3.05, 3.63) is 44.0 Å². The van der Waals surface area contributed by atoms with E-state index < -0.39 is 0 Å². The molecule has 0 aliphatic carbocycles. The number of hydrogen-bond acceptors (Lipinski definition) is 3. The van der Waals surface area contributed by atoms with E-state index in [1.165, 1.54) is 4.68 Å². The van der Waals surface area contributed by atoms with E-state index in [1.807, 2.05) is 0 Å². The SMILES string of the molecule is C=C(CNCCC)Cn1[nH]c(=O)c(C)c(C)c1=O. The van der Waals surface area contributed by atoms with Crippen LogP contribution in [0, 0.1) is 13.8 Å². The Bertz CT molecular complexity index is 540. The lowest BCUT2D eigenvalue weighted by molar-refractivity contribution is 0.589. The first kappa shape index (κ1) is 14.4. The lowest BCUT2D eigenvalue weighted by Crippen LogP contribution is -2.34. The number of aromatic nitrogens is 2. The zero-order chi connectivity index (χ0) is 13.7. The van der Waals surface area contributed by atoms with Crippen molar-refractivity contribution in [3.63, 3.8) is 0 Å². The van der Waals surface area contributed by atoms with Gasteiger partial charge in [0.05, 0.1) is 6.54 Å². The topological polar surface area (TPSA) is 66.9 Å². The molecule has 0 bridgehead atoms. The van der Waals surface area contributed by atoms with Gasteiger partial charge in [-0.3, -0.25) is 14.7 Å². The molecule has 5 nitrogen and oxygen atoms in total. The molecule has 0 unspecified atom stereocenters. The zero-order valence-corrected chi connectivity index (χ0v) is 11.3. The van der Waals surface area contributed by atoms with Crippen LogP contribution in [0.3, 0.4) is 0 Å². The van der Waals surface area contributed by atoms with E-state index in [9.17, 15) is 9.59 Å². The molecule has 0 spiro atoms. The molecule has 0 aliphatic rings. The van der Waals surface area contributed by atoms with Crippen LogP contribution in [0.15, 0.2) is 21.7 Å². The molecule has 1 heterocycles. The maximum Gasteiger partial charge on any atom is 0.268 e. The number of rotatable bonds is 6. The summed E-state index contributed by atoms with van der Waals surface area (Å²) in [5.41, 5.74) is 1.45. The van der Waals surface area contributed by atoms with E-state index in [0.29, 0.717) is 24.2 Å². The third kappa shape index (κ3) is 3.43. The first-order valence-corrected chi connectivity index (χ1v) is 6.15. The second kappa shape index (κ2) is 6.35. The highest BCUT2D eigenvalue weighted by molar-refractivity contribution is 5.17. The van der Waals surface area contributed by atoms with Gasteiger partial charge < -0.3 is 5.32 Å². The zero-order valence-electron chi connectivity index (χ0n) is 11.3. The van der Waals surface area contributed by atoms with Crippen molar-refractivity contribution in [1.29, 1.82) is 0 Å². The fraction of sp³-hybridized carbons (Fsp3) is 0.538. The Kier molecular flexibility index (Phi) is 5.09. The van der Waals surface area contributed by atoms with Crippen LogP contribution in [0.1, 0.15) is 24.5 Å². The minimum Gasteiger partial charge on any atom is -0.313 e. The van der Waals surface area contributed by atoms with Crippen LogP contribution in [0.25, 0.3) is 0 Å². The molecule has 0 radical (unpaired) electrons. The van der Waals surface area contributed by atoms with Gasteiger partial charge >= 0.3 is 0 Å². The van der Waals surface area contributed by atoms with Crippen LogP contribution in [0.2, 0.25) is 0 Å². The molecule has 0 aliphatic heterocycles. The third-order valence-corrected chi connectivity index (χ3v) is 2.89. The summed E-state index contributed by atoms with van der Waals surface area (Å²) in [7, 11) is 0. The summed E-state index contributed by atoms with van der Waals surface area (Å²) in [6.07, 6.45) is 1.05. The molecule has 1 aromatic rings. The van der Waals surface area contributed by atoms with Crippen LogP contribution in [0.4, 0.5) is 0 Å². The van der Waals surface area contributed by atoms with Gasteiger partial charge in [0.1, 0.15) is 0 Å². The molecule has 1 rings (SSSR count). The quantitative estimate of drug-likeness (QED) is 0.578. The molecule has 18 heavy (non-hydrogen) atoms. The average Bonchev–Trinajstić information content (AvgIpc) is 2.33. The summed E-state index contributed by atoms with van der Waals surface area (Å²) in [5.74, 6) is 0. The highest BCUT2D eigenvalue weighted by Crippen LogP contribution is 1.95. The summed E-state index contributed by atoms with van der Waals surface area (Å²) < 4.78 is 1.32. The fourth-order valence-corrected chi connectivity index (χ4v) is 1.62. The predicted octanol–water partition coefficient (Wildman–Crippen LogP) is 0.709. The molecule has 0 aromatic carbocycles. The molecular weight excluding hydrogens is 230 g/mol. The second-order valence-corrected chi connectivity index (χ2v) is 4.51. The Morgan fingerprint density at radius 1 is 1.33 bits per heavy atom. The van der Waals surface area contributed by atoms with Gasteiger partial charge in [0, 0.05) is 17.7 Å². The van der Waals surface area contributed by atoms with E-state index >= 15 is 0 Å². The van der Waals surface area contributed by atoms with Gasteiger partial charge in [-0.1, -0.05) is 13.5 Å². The van der Waals surface area contributed by atoms with Crippen LogP contribution in [-0.4, -0.2) is 22.9 Å². The Hall–Kier alpha value is -1.62. The molecule has 0 saturated carbocycles. The summed E-state index contributed by atoms with van der Waals surface area (Å²) in [6, 6.07) is 0. The van der Waals surface area contributed by atoms with Gasteiger partial charge in [0.25, 0.3) is 11.1 Å². The van der Waals surface area contributed by atoms with Gasteiger partial charge in [-0.2, -0.15) is 0 Å². The molecule has 0 amide bonds. The summed E-state index contributed by atoms with van der Waals surface area (Å²) in [4.78, 5) is 23.5. The Morgan fingerprint density at radius 2 is 2.00 bits per heavy atom. The predicted molar refractivity (Wildman–Crippen MR) is 73.1 cm³/mol. The first-order chi connectivity index (χ1) is 8.47. The molecule has 5 heteroatoms. The van der Waals surface area contributed by atoms with Crippen molar-refractivity contribution in [2.45, 2.75) is 33.7 Å². The molecular formula is C13H21N3O2. The fourth-order valence-electron chi connectivity index (χ4n) is 1.62. The summed E-state index contributed by atoms with van der Waals surface area (Å²) >= 11 is 0. The van der Waals surface area contributed by atoms with Gasteiger partial charge in [-0.05, 0) is 32.4 Å². The largest absolute Gasteiger partial charge is 0.313 e. The molecule has 0 saturated heterocycles. The van der Waals surface area contributed by atoms with Crippen molar-refractivity contribution in [1.82, 2.24) is 15.1 Å². The standard InChI is InChI=1S/C13H21N3O2/c1-5-6-14-7-9(2)8-16-13(18)11(4)10(3)12(17)15-16/h14H,2,5-8H2,1,3-4H3,(H,15,17). The Balaban J connectivity index is 2.83. The molecule has 100 valence electrons. The number of aromatic amines is 1. The van der Waals surface area contributed by atoms with Crippen molar-refractivity contribution >= 4 is 0 Å². The van der Waals surface area contributed by atoms with Gasteiger partial charge in [0.15, 0.2) is 0 Å². The molecule has 0 atom stereocenters. The summed E-state index contributed by atoms with van der Waals surface area (Å²) in [6.45, 7) is 11.2. The van der Waals surface area contributed by atoms with Crippen LogP contribution >= 0.6 is 0 Å². The first-order valence-electron chi connectivity index (χ1n) is 6.15. The van der Waals surface area contributed by atoms with Gasteiger partial charge in [-0.25, -0.2) is 4.68 Å². The van der Waals surface area contributed by atoms with Gasteiger partial charge in [0.2, 0.25) is 0 Å². The second-order valence-electron chi connectivity index (χ2n) is 4.51. The molecule has 0 fully saturated rings. The lowest BCUT2D eigenvalue weighted by Gasteiger charge is -2.10. The molecule has 1 aromatic heterocycles. The maximum absolute atomic E-state index is 11.9. The van der Waals surface area contributed by atoms with E-state index in [2.05, 4.69) is 23.9 Å². The third-order valence-electron chi connectivity index (χ3n) is 2.89. The van der Waals surface area contributed by atoms with E-state index in [0.717, 1.165) is 18.5 Å². The maximum atomic E-state index is 11.9. The Morgan fingerprint density at radius 3 is 2.61 bits per heavy atom. The normalized spacial score (nSPS) is 10.6. The van der Waals surface area contributed by atoms with E-state index in [1.54, 1.807) is 13.8 Å². The van der Waals surface area contributed by atoms with Crippen LogP contribution in [0.5, 0.6) is 0 Å². The van der Waals surface area contributed by atoms with Crippen molar-refractivity contribution in [2.24, 2.45) is 0 Å². The number of H-pyrrole nitrogens is 1. The average molecular weight is 251 g/mol. The monoisotopic (exact) mass is 251 g/mol. The smallest absolute Gasteiger partial charge is 0.268 e. The summed E-state index contributed by atoms with van der Waals surface area (Å²) in [5, 5.41) is 5.77. The number of nitrogens with one attached hydrogen (secondary N) is 2.